The predicted octanol–water partition coefficient (Wildman–Crippen LogP) is 1.46. The molecule has 0 fully saturated rings. The molecule has 1 rings (SSSR count). The maximum Gasteiger partial charge on any atom is 0.126 e. The van der Waals surface area contributed by atoms with Crippen LogP contribution in [0.2, 0.25) is 0 Å². The standard InChI is InChI=1S/C15H25FN2O2/c1-11-4-5-12(8-14(11)16)15(17)6-7-18(2)9-13(19)10-20-3/h4-5,8,13,15,19H,6-7,9-10,17H2,1-3H3. The van der Waals surface area contributed by atoms with Crippen molar-refractivity contribution in [2.75, 3.05) is 33.9 Å². The van der Waals surface area contributed by atoms with E-state index < -0.39 is 6.10 Å². The maximum absolute atomic E-state index is 13.5. The van der Waals surface area contributed by atoms with Crippen LogP contribution in [-0.4, -0.2) is 50.0 Å². The summed E-state index contributed by atoms with van der Waals surface area (Å²) in [4.78, 5) is 1.99. The smallest absolute Gasteiger partial charge is 0.126 e. The van der Waals surface area contributed by atoms with Crippen LogP contribution in [0.25, 0.3) is 0 Å². The highest BCUT2D eigenvalue weighted by Crippen LogP contribution is 2.17. The van der Waals surface area contributed by atoms with Gasteiger partial charge in [0.05, 0.1) is 12.7 Å². The molecule has 0 spiro atoms. The lowest BCUT2D eigenvalue weighted by molar-refractivity contribution is 0.0428. The number of aryl methyl sites for hydroxylation is 1. The van der Waals surface area contributed by atoms with Gasteiger partial charge in [0.2, 0.25) is 0 Å². The van der Waals surface area contributed by atoms with Crippen LogP contribution in [0.1, 0.15) is 23.6 Å². The number of likely N-dealkylation sites (N-methyl/N-ethyl adjacent to an activating group) is 1. The Kier molecular flexibility index (Phi) is 7.09. The van der Waals surface area contributed by atoms with Gasteiger partial charge in [0.1, 0.15) is 5.82 Å². The molecule has 5 heteroatoms. The summed E-state index contributed by atoms with van der Waals surface area (Å²) in [6.07, 6.45) is 0.205. The minimum Gasteiger partial charge on any atom is -0.389 e. The van der Waals surface area contributed by atoms with Gasteiger partial charge in [0.15, 0.2) is 0 Å². The average molecular weight is 284 g/mol. The van der Waals surface area contributed by atoms with Crippen molar-refractivity contribution in [2.24, 2.45) is 5.73 Å². The van der Waals surface area contributed by atoms with Crippen molar-refractivity contribution in [1.29, 1.82) is 0 Å². The normalized spacial score (nSPS) is 14.6. The van der Waals surface area contributed by atoms with Crippen LogP contribution in [0, 0.1) is 12.7 Å². The molecular formula is C15H25FN2O2. The second-order valence-corrected chi connectivity index (χ2v) is 5.28. The van der Waals surface area contributed by atoms with Crippen LogP contribution >= 0.6 is 0 Å². The second kappa shape index (κ2) is 8.32. The van der Waals surface area contributed by atoms with E-state index >= 15 is 0 Å². The summed E-state index contributed by atoms with van der Waals surface area (Å²) in [5.41, 5.74) is 7.50. The number of halogens is 1. The van der Waals surface area contributed by atoms with Crippen LogP contribution in [0.3, 0.4) is 0 Å². The van der Waals surface area contributed by atoms with Crippen LogP contribution in [0.5, 0.6) is 0 Å². The molecule has 1 aromatic rings. The molecule has 0 radical (unpaired) electrons. The summed E-state index contributed by atoms with van der Waals surface area (Å²) in [6.45, 7) is 3.31. The number of hydrogen-bond acceptors (Lipinski definition) is 4. The van der Waals surface area contributed by atoms with Crippen molar-refractivity contribution < 1.29 is 14.2 Å². The van der Waals surface area contributed by atoms with E-state index in [2.05, 4.69) is 0 Å². The Bertz CT molecular complexity index is 415. The van der Waals surface area contributed by atoms with Crippen molar-refractivity contribution in [3.8, 4) is 0 Å². The molecule has 4 nitrogen and oxygen atoms in total. The minimum absolute atomic E-state index is 0.202. The van der Waals surface area contributed by atoms with Crippen LogP contribution in [0.4, 0.5) is 4.39 Å². The SMILES string of the molecule is COCC(O)CN(C)CCC(N)c1ccc(C)c(F)c1. The zero-order chi connectivity index (χ0) is 15.1. The van der Waals surface area contributed by atoms with E-state index in [1.165, 1.54) is 6.07 Å². The fraction of sp³-hybridized carbons (Fsp3) is 0.600. The molecule has 0 amide bonds. The molecule has 0 saturated carbocycles. The van der Waals surface area contributed by atoms with E-state index in [4.69, 9.17) is 10.5 Å². The second-order valence-electron chi connectivity index (χ2n) is 5.28. The van der Waals surface area contributed by atoms with Crippen molar-refractivity contribution >= 4 is 0 Å². The van der Waals surface area contributed by atoms with Gasteiger partial charge in [-0.15, -0.1) is 0 Å². The van der Waals surface area contributed by atoms with E-state index in [0.29, 0.717) is 25.1 Å². The Balaban J connectivity index is 2.42. The highest BCUT2D eigenvalue weighted by Gasteiger charge is 2.12. The predicted molar refractivity (Wildman–Crippen MR) is 78.1 cm³/mol. The lowest BCUT2D eigenvalue weighted by atomic mass is 10.0. The first kappa shape index (κ1) is 17.0. The van der Waals surface area contributed by atoms with E-state index in [9.17, 15) is 9.50 Å². The van der Waals surface area contributed by atoms with Crippen molar-refractivity contribution in [3.63, 3.8) is 0 Å². The fourth-order valence-corrected chi connectivity index (χ4v) is 2.06. The molecule has 20 heavy (non-hydrogen) atoms. The largest absolute Gasteiger partial charge is 0.389 e. The third-order valence-electron chi connectivity index (χ3n) is 3.33. The van der Waals surface area contributed by atoms with E-state index in [1.807, 2.05) is 18.0 Å². The summed E-state index contributed by atoms with van der Waals surface area (Å²) in [5, 5.41) is 9.62. The topological polar surface area (TPSA) is 58.7 Å². The average Bonchev–Trinajstić information content (AvgIpc) is 2.39. The number of ether oxygens (including phenoxy) is 1. The van der Waals surface area contributed by atoms with Crippen LogP contribution < -0.4 is 5.73 Å². The summed E-state index contributed by atoms with van der Waals surface area (Å²) in [5.74, 6) is -0.221. The minimum atomic E-state index is -0.502. The molecular weight excluding hydrogens is 259 g/mol. The van der Waals surface area contributed by atoms with Gasteiger partial charge in [-0.2, -0.15) is 0 Å². The van der Waals surface area contributed by atoms with E-state index in [-0.39, 0.29) is 11.9 Å². The molecule has 2 atom stereocenters. The van der Waals surface area contributed by atoms with Crippen LogP contribution in [0.15, 0.2) is 18.2 Å². The summed E-state index contributed by atoms with van der Waals surface area (Å²) in [6, 6.07) is 4.91. The molecule has 0 saturated heterocycles. The lowest BCUT2D eigenvalue weighted by Gasteiger charge is -2.22. The summed E-state index contributed by atoms with van der Waals surface area (Å²) in [7, 11) is 3.48. The van der Waals surface area contributed by atoms with Gasteiger partial charge in [-0.1, -0.05) is 12.1 Å². The van der Waals surface area contributed by atoms with Gasteiger partial charge in [0.25, 0.3) is 0 Å². The molecule has 0 bridgehead atoms. The molecule has 0 aliphatic rings. The Labute approximate surface area is 120 Å². The number of rotatable bonds is 8. The third-order valence-corrected chi connectivity index (χ3v) is 3.33. The van der Waals surface area contributed by atoms with Gasteiger partial charge >= 0.3 is 0 Å². The number of nitrogens with two attached hydrogens (primary N) is 1. The highest BCUT2D eigenvalue weighted by molar-refractivity contribution is 5.25. The molecule has 114 valence electrons. The zero-order valence-corrected chi connectivity index (χ0v) is 12.5. The van der Waals surface area contributed by atoms with Gasteiger partial charge < -0.3 is 20.5 Å². The molecule has 0 heterocycles. The number of methoxy groups -OCH3 is 1. The number of hydrogen-bond donors (Lipinski definition) is 2. The number of aliphatic hydroxyl groups excluding tert-OH is 1. The molecule has 0 aliphatic carbocycles. The van der Waals surface area contributed by atoms with E-state index in [0.717, 1.165) is 12.1 Å². The first-order valence-corrected chi connectivity index (χ1v) is 6.81. The lowest BCUT2D eigenvalue weighted by Crippen LogP contribution is -2.33. The van der Waals surface area contributed by atoms with Gasteiger partial charge in [-0.25, -0.2) is 4.39 Å². The van der Waals surface area contributed by atoms with E-state index in [1.54, 1.807) is 20.1 Å². The molecule has 0 aromatic heterocycles. The molecule has 3 N–H and O–H groups in total. The first-order chi connectivity index (χ1) is 9.43. The molecule has 2 unspecified atom stereocenters. The fourth-order valence-electron chi connectivity index (χ4n) is 2.06. The highest BCUT2D eigenvalue weighted by atomic mass is 19.1. The first-order valence-electron chi connectivity index (χ1n) is 6.81. The number of nitrogens with zero attached hydrogens (tertiary/aromatic N) is 1. The van der Waals surface area contributed by atoms with Gasteiger partial charge in [-0.05, 0) is 44.1 Å². The quantitative estimate of drug-likeness (QED) is 0.759. The van der Waals surface area contributed by atoms with Gasteiger partial charge in [-0.3, -0.25) is 0 Å². The Hall–Kier alpha value is -1.01. The zero-order valence-electron chi connectivity index (χ0n) is 12.5. The summed E-state index contributed by atoms with van der Waals surface area (Å²) < 4.78 is 18.4. The Morgan fingerprint density at radius 3 is 2.75 bits per heavy atom. The number of benzene rings is 1. The number of aliphatic hydroxyl groups is 1. The van der Waals surface area contributed by atoms with Crippen LogP contribution in [-0.2, 0) is 4.74 Å². The van der Waals surface area contributed by atoms with Crippen molar-refractivity contribution in [3.05, 3.63) is 35.1 Å². The Morgan fingerprint density at radius 1 is 1.45 bits per heavy atom. The molecule has 0 aliphatic heterocycles. The van der Waals surface area contributed by atoms with Gasteiger partial charge in [0, 0.05) is 19.7 Å². The monoisotopic (exact) mass is 284 g/mol. The molecule has 1 aromatic carbocycles. The van der Waals surface area contributed by atoms with Crippen molar-refractivity contribution in [1.82, 2.24) is 4.90 Å². The maximum atomic E-state index is 13.5. The summed E-state index contributed by atoms with van der Waals surface area (Å²) >= 11 is 0. The Morgan fingerprint density at radius 2 is 2.15 bits per heavy atom. The third kappa shape index (κ3) is 5.54. The van der Waals surface area contributed by atoms with Crippen molar-refractivity contribution in [2.45, 2.75) is 25.5 Å².